The van der Waals surface area contributed by atoms with E-state index in [0.717, 1.165) is 24.7 Å². The largest absolute Gasteiger partial charge is 0.369 e. The van der Waals surface area contributed by atoms with Crippen LogP contribution in [0.4, 0.5) is 5.69 Å². The van der Waals surface area contributed by atoms with Gasteiger partial charge in [-0.15, -0.1) is 0 Å². The van der Waals surface area contributed by atoms with Crippen LogP contribution in [0.25, 0.3) is 0 Å². The van der Waals surface area contributed by atoms with E-state index in [1.54, 1.807) is 0 Å². The number of hydrogen-bond donors (Lipinski definition) is 0. The maximum atomic E-state index is 6.20. The standard InChI is InChI=1S/C22H27ClN2/c1-16-5-3-6-18(13-16)22-8-4-7-20-15-24(11-12-25(20)22)19-9-10-21(23)17(2)14-19/h3,5-6,9-10,13-14,20,22H,4,7-8,11-12,15H2,1-2H3/t20?,22-/m1/s1. The SMILES string of the molecule is Cc1cccc([C@H]2CCCC3CN(c4ccc(Cl)c(C)c4)CCN32)c1. The molecule has 2 atom stereocenters. The summed E-state index contributed by atoms with van der Waals surface area (Å²) >= 11 is 6.20. The molecule has 3 heteroatoms. The summed E-state index contributed by atoms with van der Waals surface area (Å²) in [5, 5.41) is 0.861. The Morgan fingerprint density at radius 3 is 2.68 bits per heavy atom. The Balaban J connectivity index is 1.53. The van der Waals surface area contributed by atoms with Gasteiger partial charge in [-0.1, -0.05) is 41.4 Å². The number of fused-ring (bicyclic) bond motifs is 1. The molecule has 0 spiro atoms. The number of aryl methyl sites for hydroxylation is 2. The molecule has 2 aromatic carbocycles. The average Bonchev–Trinajstić information content (AvgIpc) is 2.63. The first-order valence-electron chi connectivity index (χ1n) is 9.45. The third kappa shape index (κ3) is 3.43. The fourth-order valence-electron chi connectivity index (χ4n) is 4.54. The van der Waals surface area contributed by atoms with Crippen LogP contribution in [0.2, 0.25) is 5.02 Å². The lowest BCUT2D eigenvalue weighted by Crippen LogP contribution is -2.55. The molecule has 132 valence electrons. The lowest BCUT2D eigenvalue weighted by atomic mass is 9.88. The molecule has 0 aromatic heterocycles. The van der Waals surface area contributed by atoms with Gasteiger partial charge in [0.05, 0.1) is 0 Å². The second-order valence-corrected chi connectivity index (χ2v) is 8.04. The minimum absolute atomic E-state index is 0.591. The first kappa shape index (κ1) is 16.9. The third-order valence-corrected chi connectivity index (χ3v) is 6.30. The molecule has 0 amide bonds. The van der Waals surface area contributed by atoms with Crippen LogP contribution in [0.5, 0.6) is 0 Å². The van der Waals surface area contributed by atoms with E-state index in [1.165, 1.54) is 41.6 Å². The molecule has 1 unspecified atom stereocenters. The van der Waals surface area contributed by atoms with E-state index in [-0.39, 0.29) is 0 Å². The monoisotopic (exact) mass is 354 g/mol. The molecule has 4 rings (SSSR count). The number of piperazine rings is 1. The van der Waals surface area contributed by atoms with E-state index in [1.807, 2.05) is 6.07 Å². The summed E-state index contributed by atoms with van der Waals surface area (Å²) in [5.74, 6) is 0. The summed E-state index contributed by atoms with van der Waals surface area (Å²) in [6.45, 7) is 7.66. The molecule has 2 aliphatic rings. The average molecular weight is 355 g/mol. The molecule has 2 fully saturated rings. The van der Waals surface area contributed by atoms with Gasteiger partial charge >= 0.3 is 0 Å². The van der Waals surface area contributed by atoms with Crippen LogP contribution in [-0.2, 0) is 0 Å². The topological polar surface area (TPSA) is 6.48 Å². The van der Waals surface area contributed by atoms with Gasteiger partial charge in [0, 0.05) is 42.4 Å². The number of piperidine rings is 1. The van der Waals surface area contributed by atoms with Crippen molar-refractivity contribution in [2.75, 3.05) is 24.5 Å². The molecule has 25 heavy (non-hydrogen) atoms. The summed E-state index contributed by atoms with van der Waals surface area (Å²) in [4.78, 5) is 5.31. The van der Waals surface area contributed by atoms with Crippen molar-refractivity contribution in [2.24, 2.45) is 0 Å². The van der Waals surface area contributed by atoms with Crippen molar-refractivity contribution >= 4 is 17.3 Å². The minimum atomic E-state index is 0.591. The Hall–Kier alpha value is -1.51. The first-order chi connectivity index (χ1) is 12.1. The molecular formula is C22H27ClN2. The van der Waals surface area contributed by atoms with Gasteiger partial charge in [-0.2, -0.15) is 0 Å². The van der Waals surface area contributed by atoms with Gasteiger partial charge in [-0.25, -0.2) is 0 Å². The van der Waals surface area contributed by atoms with E-state index >= 15 is 0 Å². The highest BCUT2D eigenvalue weighted by atomic mass is 35.5. The zero-order chi connectivity index (χ0) is 17.4. The summed E-state index contributed by atoms with van der Waals surface area (Å²) in [6, 6.07) is 16.8. The van der Waals surface area contributed by atoms with E-state index < -0.39 is 0 Å². The number of nitrogens with zero attached hydrogens (tertiary/aromatic N) is 2. The number of halogens is 1. The second-order valence-electron chi connectivity index (χ2n) is 7.63. The molecule has 0 aliphatic carbocycles. The number of benzene rings is 2. The van der Waals surface area contributed by atoms with Gasteiger partial charge in [0.1, 0.15) is 0 Å². The molecule has 2 heterocycles. The highest BCUT2D eigenvalue weighted by Crippen LogP contribution is 2.37. The lowest BCUT2D eigenvalue weighted by molar-refractivity contribution is 0.0716. The lowest BCUT2D eigenvalue weighted by Gasteiger charge is -2.49. The van der Waals surface area contributed by atoms with Crippen molar-refractivity contribution in [1.82, 2.24) is 4.90 Å². The molecule has 0 bridgehead atoms. The number of anilines is 1. The predicted molar refractivity (Wildman–Crippen MR) is 107 cm³/mol. The number of rotatable bonds is 2. The Morgan fingerprint density at radius 2 is 1.88 bits per heavy atom. The van der Waals surface area contributed by atoms with E-state index in [2.05, 4.69) is 60.0 Å². The zero-order valence-electron chi connectivity index (χ0n) is 15.2. The Kier molecular flexibility index (Phi) is 4.75. The fraction of sp³-hybridized carbons (Fsp3) is 0.455. The molecule has 0 saturated carbocycles. The molecule has 2 saturated heterocycles. The number of hydrogen-bond acceptors (Lipinski definition) is 2. The van der Waals surface area contributed by atoms with Crippen LogP contribution in [0.3, 0.4) is 0 Å². The van der Waals surface area contributed by atoms with Crippen molar-refractivity contribution in [3.8, 4) is 0 Å². The second kappa shape index (κ2) is 7.01. The van der Waals surface area contributed by atoms with Crippen molar-refractivity contribution in [2.45, 2.75) is 45.2 Å². The quantitative estimate of drug-likeness (QED) is 0.715. The molecule has 2 nitrogen and oxygen atoms in total. The predicted octanol–water partition coefficient (Wildman–Crippen LogP) is 5.37. The van der Waals surface area contributed by atoms with Crippen LogP contribution < -0.4 is 4.90 Å². The summed E-state index contributed by atoms with van der Waals surface area (Å²) < 4.78 is 0. The van der Waals surface area contributed by atoms with E-state index in [9.17, 15) is 0 Å². The summed E-state index contributed by atoms with van der Waals surface area (Å²) in [5.41, 5.74) is 5.36. The summed E-state index contributed by atoms with van der Waals surface area (Å²) in [6.07, 6.45) is 3.93. The van der Waals surface area contributed by atoms with Crippen LogP contribution in [0, 0.1) is 13.8 Å². The maximum Gasteiger partial charge on any atom is 0.0436 e. The Labute approximate surface area is 156 Å². The molecule has 2 aliphatic heterocycles. The highest BCUT2D eigenvalue weighted by Gasteiger charge is 2.35. The fourth-order valence-corrected chi connectivity index (χ4v) is 4.66. The molecule has 2 aromatic rings. The molecule has 0 radical (unpaired) electrons. The van der Waals surface area contributed by atoms with Crippen molar-refractivity contribution in [3.63, 3.8) is 0 Å². The molecular weight excluding hydrogens is 328 g/mol. The van der Waals surface area contributed by atoms with Gasteiger partial charge in [0.15, 0.2) is 0 Å². The van der Waals surface area contributed by atoms with Gasteiger partial charge in [0.25, 0.3) is 0 Å². The highest BCUT2D eigenvalue weighted by molar-refractivity contribution is 6.31. The van der Waals surface area contributed by atoms with E-state index in [0.29, 0.717) is 12.1 Å². The zero-order valence-corrected chi connectivity index (χ0v) is 16.0. The third-order valence-electron chi connectivity index (χ3n) is 5.88. The smallest absolute Gasteiger partial charge is 0.0436 e. The van der Waals surface area contributed by atoms with Gasteiger partial charge in [-0.3, -0.25) is 4.90 Å². The molecule has 0 N–H and O–H groups in total. The van der Waals surface area contributed by atoms with Gasteiger partial charge in [-0.05, 0) is 62.4 Å². The van der Waals surface area contributed by atoms with Crippen molar-refractivity contribution in [3.05, 3.63) is 64.2 Å². The van der Waals surface area contributed by atoms with Crippen molar-refractivity contribution in [1.29, 1.82) is 0 Å². The maximum absolute atomic E-state index is 6.20. The van der Waals surface area contributed by atoms with Gasteiger partial charge in [0.2, 0.25) is 0 Å². The van der Waals surface area contributed by atoms with Crippen LogP contribution >= 0.6 is 11.6 Å². The van der Waals surface area contributed by atoms with Gasteiger partial charge < -0.3 is 4.90 Å². The van der Waals surface area contributed by atoms with E-state index in [4.69, 9.17) is 11.6 Å². The van der Waals surface area contributed by atoms with Crippen LogP contribution in [0.15, 0.2) is 42.5 Å². The Bertz CT molecular complexity index is 757. The summed E-state index contributed by atoms with van der Waals surface area (Å²) in [7, 11) is 0. The van der Waals surface area contributed by atoms with Crippen LogP contribution in [-0.4, -0.2) is 30.6 Å². The van der Waals surface area contributed by atoms with Crippen LogP contribution in [0.1, 0.15) is 42.0 Å². The first-order valence-corrected chi connectivity index (χ1v) is 9.83. The van der Waals surface area contributed by atoms with Crippen molar-refractivity contribution < 1.29 is 0 Å². The Morgan fingerprint density at radius 1 is 1.00 bits per heavy atom. The minimum Gasteiger partial charge on any atom is -0.369 e. The normalized spacial score (nSPS) is 24.2.